The number of fused-ring (bicyclic) bond motifs is 5. The van der Waals surface area contributed by atoms with Crippen molar-refractivity contribution in [3.63, 3.8) is 0 Å². The Morgan fingerprint density at radius 2 is 1.59 bits per heavy atom. The SMILES string of the molecule is COc1ccc(OC)c(NC(=O)[C@@H]2[C@H]3C(=O)N(c4ccccc4)C(=O)[C@@H]3[C@H]3C=Cc4ccccc4N32)c1. The number of nitrogens with one attached hydrogen (secondary N) is 1. The fourth-order valence-electron chi connectivity index (χ4n) is 5.76. The van der Waals surface area contributed by atoms with Crippen molar-refractivity contribution in [2.75, 3.05) is 29.3 Å². The number of amides is 3. The topological polar surface area (TPSA) is 88.2 Å². The Balaban J connectivity index is 1.44. The van der Waals surface area contributed by atoms with Gasteiger partial charge in [-0.15, -0.1) is 0 Å². The number of carbonyl (C=O) groups is 3. The number of ether oxygens (including phenoxy) is 2. The highest BCUT2D eigenvalue weighted by Gasteiger charge is 2.64. The number of nitrogens with zero attached hydrogens (tertiary/aromatic N) is 2. The number of anilines is 3. The Morgan fingerprint density at radius 1 is 0.865 bits per heavy atom. The van der Waals surface area contributed by atoms with Crippen LogP contribution in [0.1, 0.15) is 5.56 Å². The lowest BCUT2D eigenvalue weighted by Crippen LogP contribution is -2.50. The van der Waals surface area contributed by atoms with Crippen molar-refractivity contribution in [3.05, 3.63) is 84.4 Å². The molecule has 3 aliphatic rings. The highest BCUT2D eigenvalue weighted by molar-refractivity contribution is 6.25. The number of rotatable bonds is 5. The molecule has 37 heavy (non-hydrogen) atoms. The van der Waals surface area contributed by atoms with E-state index >= 15 is 0 Å². The van der Waals surface area contributed by atoms with Crippen LogP contribution in [-0.2, 0) is 14.4 Å². The van der Waals surface area contributed by atoms with Gasteiger partial charge in [0.05, 0.1) is 43.5 Å². The minimum absolute atomic E-state index is 0.297. The van der Waals surface area contributed by atoms with Gasteiger partial charge in [0.25, 0.3) is 0 Å². The fourth-order valence-corrected chi connectivity index (χ4v) is 5.76. The summed E-state index contributed by atoms with van der Waals surface area (Å²) in [6.07, 6.45) is 3.89. The monoisotopic (exact) mass is 495 g/mol. The second-order valence-corrected chi connectivity index (χ2v) is 9.22. The second-order valence-electron chi connectivity index (χ2n) is 9.22. The highest BCUT2D eigenvalue weighted by Crippen LogP contribution is 2.49. The van der Waals surface area contributed by atoms with E-state index in [2.05, 4.69) is 5.32 Å². The van der Waals surface area contributed by atoms with Gasteiger partial charge in [0.2, 0.25) is 17.7 Å². The molecular formula is C29H25N3O5. The fraction of sp³-hybridized carbons (Fsp3) is 0.207. The maximum atomic E-state index is 14.0. The first-order valence-electron chi connectivity index (χ1n) is 12.0. The molecular weight excluding hydrogens is 470 g/mol. The Kier molecular flexibility index (Phi) is 5.44. The van der Waals surface area contributed by atoms with E-state index in [1.807, 2.05) is 47.4 Å². The molecule has 186 valence electrons. The maximum Gasteiger partial charge on any atom is 0.248 e. The van der Waals surface area contributed by atoms with Gasteiger partial charge in [-0.3, -0.25) is 14.4 Å². The smallest absolute Gasteiger partial charge is 0.248 e. The van der Waals surface area contributed by atoms with Crippen molar-refractivity contribution in [2.45, 2.75) is 12.1 Å². The minimum atomic E-state index is -0.915. The summed E-state index contributed by atoms with van der Waals surface area (Å²) < 4.78 is 10.8. The third-order valence-corrected chi connectivity index (χ3v) is 7.36. The van der Waals surface area contributed by atoms with Gasteiger partial charge in [-0.25, -0.2) is 4.90 Å². The van der Waals surface area contributed by atoms with Crippen molar-refractivity contribution < 1.29 is 23.9 Å². The number of imide groups is 1. The lowest BCUT2D eigenvalue weighted by molar-refractivity contribution is -0.126. The number of carbonyl (C=O) groups excluding carboxylic acids is 3. The molecule has 0 aromatic heterocycles. The van der Waals surface area contributed by atoms with Crippen LogP contribution in [0.15, 0.2) is 78.9 Å². The number of hydrogen-bond acceptors (Lipinski definition) is 6. The summed E-state index contributed by atoms with van der Waals surface area (Å²) in [5.74, 6) is -1.62. The van der Waals surface area contributed by atoms with Crippen molar-refractivity contribution in [3.8, 4) is 11.5 Å². The first kappa shape index (κ1) is 22.8. The molecule has 0 bridgehead atoms. The van der Waals surface area contributed by atoms with Crippen LogP contribution >= 0.6 is 0 Å². The molecule has 3 aliphatic heterocycles. The van der Waals surface area contributed by atoms with Crippen molar-refractivity contribution in [1.82, 2.24) is 0 Å². The summed E-state index contributed by atoms with van der Waals surface area (Å²) in [4.78, 5) is 44.8. The summed E-state index contributed by atoms with van der Waals surface area (Å²) >= 11 is 0. The van der Waals surface area contributed by atoms with E-state index in [0.29, 0.717) is 22.9 Å². The van der Waals surface area contributed by atoms with Crippen LogP contribution < -0.4 is 24.6 Å². The lowest BCUT2D eigenvalue weighted by atomic mass is 9.88. The van der Waals surface area contributed by atoms with Gasteiger partial charge >= 0.3 is 0 Å². The molecule has 0 aliphatic carbocycles. The molecule has 0 spiro atoms. The minimum Gasteiger partial charge on any atom is -0.497 e. The van der Waals surface area contributed by atoms with Crippen LogP contribution in [0.4, 0.5) is 17.1 Å². The van der Waals surface area contributed by atoms with Gasteiger partial charge in [0, 0.05) is 11.8 Å². The van der Waals surface area contributed by atoms with Crippen LogP contribution in [0.25, 0.3) is 6.08 Å². The quantitative estimate of drug-likeness (QED) is 0.543. The standard InChI is InChI=1S/C29H25N3O5/c1-36-19-13-15-23(37-2)20(16-19)30-27(33)26-25-24(22-14-12-17-8-6-7-11-21(17)32(22)26)28(34)31(29(25)35)18-9-4-3-5-10-18/h3-16,22,24-26H,1-2H3,(H,30,33)/t22-,24-,25+,26+/m1/s1. The zero-order chi connectivity index (χ0) is 25.7. The first-order chi connectivity index (χ1) is 18.0. The maximum absolute atomic E-state index is 14.0. The van der Waals surface area contributed by atoms with Gasteiger partial charge in [0.15, 0.2) is 0 Å². The van der Waals surface area contributed by atoms with E-state index in [1.54, 1.807) is 42.5 Å². The molecule has 0 unspecified atom stereocenters. The van der Waals surface area contributed by atoms with Gasteiger partial charge in [-0.2, -0.15) is 0 Å². The van der Waals surface area contributed by atoms with Crippen molar-refractivity contribution in [2.24, 2.45) is 11.8 Å². The van der Waals surface area contributed by atoms with Crippen LogP contribution in [0, 0.1) is 11.8 Å². The number of methoxy groups -OCH3 is 2. The molecule has 3 aromatic rings. The highest BCUT2D eigenvalue weighted by atomic mass is 16.5. The van der Waals surface area contributed by atoms with Gasteiger partial charge < -0.3 is 19.7 Å². The first-order valence-corrected chi connectivity index (χ1v) is 12.0. The summed E-state index contributed by atoms with van der Waals surface area (Å²) in [7, 11) is 3.05. The molecule has 8 nitrogen and oxygen atoms in total. The molecule has 2 fully saturated rings. The van der Waals surface area contributed by atoms with Crippen molar-refractivity contribution in [1.29, 1.82) is 0 Å². The number of para-hydroxylation sites is 2. The Hall–Kier alpha value is -4.59. The van der Waals surface area contributed by atoms with Crippen LogP contribution in [0.2, 0.25) is 0 Å². The molecule has 3 aromatic carbocycles. The zero-order valence-electron chi connectivity index (χ0n) is 20.3. The van der Waals surface area contributed by atoms with E-state index in [-0.39, 0.29) is 11.8 Å². The van der Waals surface area contributed by atoms with E-state index < -0.39 is 29.8 Å². The van der Waals surface area contributed by atoms with Crippen LogP contribution in [0.3, 0.4) is 0 Å². The third-order valence-electron chi connectivity index (χ3n) is 7.36. The van der Waals surface area contributed by atoms with E-state index in [9.17, 15) is 14.4 Å². The van der Waals surface area contributed by atoms with E-state index in [4.69, 9.17) is 9.47 Å². The Bertz CT molecular complexity index is 1440. The summed E-state index contributed by atoms with van der Waals surface area (Å²) in [5, 5.41) is 2.95. The average molecular weight is 496 g/mol. The molecule has 3 heterocycles. The van der Waals surface area contributed by atoms with Gasteiger partial charge in [-0.05, 0) is 35.9 Å². The van der Waals surface area contributed by atoms with Crippen molar-refractivity contribution >= 4 is 40.9 Å². The largest absolute Gasteiger partial charge is 0.497 e. The average Bonchev–Trinajstić information content (AvgIpc) is 3.41. The molecule has 0 radical (unpaired) electrons. The molecule has 8 heteroatoms. The Morgan fingerprint density at radius 3 is 2.35 bits per heavy atom. The molecule has 6 rings (SSSR count). The molecule has 1 N–H and O–H groups in total. The molecule has 4 atom stereocenters. The zero-order valence-corrected chi connectivity index (χ0v) is 20.3. The molecule has 3 amide bonds. The number of benzene rings is 3. The Labute approximate surface area is 214 Å². The van der Waals surface area contributed by atoms with Gasteiger partial charge in [0.1, 0.15) is 17.5 Å². The summed E-state index contributed by atoms with van der Waals surface area (Å²) in [5.41, 5.74) is 2.67. The predicted octanol–water partition coefficient (Wildman–Crippen LogP) is 3.73. The number of hydrogen-bond donors (Lipinski definition) is 1. The van der Waals surface area contributed by atoms with Crippen LogP contribution in [0.5, 0.6) is 11.5 Å². The molecule has 2 saturated heterocycles. The van der Waals surface area contributed by atoms with Crippen LogP contribution in [-0.4, -0.2) is 44.0 Å². The normalized spacial score (nSPS) is 23.4. The van der Waals surface area contributed by atoms with E-state index in [1.165, 1.54) is 19.1 Å². The summed E-state index contributed by atoms with van der Waals surface area (Å²) in [6.45, 7) is 0. The lowest BCUT2D eigenvalue weighted by Gasteiger charge is -2.36. The molecule has 0 saturated carbocycles. The second kappa shape index (κ2) is 8.81. The van der Waals surface area contributed by atoms with E-state index in [0.717, 1.165) is 11.3 Å². The predicted molar refractivity (Wildman–Crippen MR) is 140 cm³/mol. The van der Waals surface area contributed by atoms with Gasteiger partial charge in [-0.1, -0.05) is 48.6 Å². The summed E-state index contributed by atoms with van der Waals surface area (Å²) in [6, 6.07) is 20.3. The third kappa shape index (κ3) is 3.48.